The molecular weight excluding hydrogens is 585 g/mol. The number of ether oxygens (including phenoxy) is 1. The van der Waals surface area contributed by atoms with Crippen LogP contribution in [-0.4, -0.2) is 50.9 Å². The molecule has 0 fully saturated rings. The number of methoxy groups -OCH3 is 1. The molecule has 0 spiro atoms. The van der Waals surface area contributed by atoms with Crippen molar-refractivity contribution < 1.29 is 22.7 Å². The van der Waals surface area contributed by atoms with Crippen molar-refractivity contribution in [1.82, 2.24) is 10.2 Å². The number of rotatable bonds is 13. The van der Waals surface area contributed by atoms with Crippen LogP contribution in [0.15, 0.2) is 77.7 Å². The van der Waals surface area contributed by atoms with Crippen molar-refractivity contribution in [2.75, 3.05) is 18.0 Å². The van der Waals surface area contributed by atoms with E-state index in [0.29, 0.717) is 17.9 Å². The third-order valence-electron chi connectivity index (χ3n) is 6.67. The molecular formula is C30H35Cl2N3O5S. The van der Waals surface area contributed by atoms with Gasteiger partial charge in [0.1, 0.15) is 18.3 Å². The number of sulfonamides is 1. The summed E-state index contributed by atoms with van der Waals surface area (Å²) in [6, 6.07) is 18.3. The van der Waals surface area contributed by atoms with Crippen LogP contribution in [0.5, 0.6) is 5.75 Å². The minimum atomic E-state index is -4.26. The first-order chi connectivity index (χ1) is 19.5. The molecule has 220 valence electrons. The zero-order valence-electron chi connectivity index (χ0n) is 23.5. The van der Waals surface area contributed by atoms with Crippen LogP contribution in [0.25, 0.3) is 0 Å². The lowest BCUT2D eigenvalue weighted by Gasteiger charge is -2.34. The summed E-state index contributed by atoms with van der Waals surface area (Å²) in [7, 11) is -2.85. The second-order valence-electron chi connectivity index (χ2n) is 9.53. The Kier molecular flexibility index (Phi) is 11.5. The number of amides is 2. The van der Waals surface area contributed by atoms with E-state index in [1.165, 1.54) is 36.3 Å². The number of carbonyl (C=O) groups excluding carboxylic acids is 2. The Labute approximate surface area is 252 Å². The Morgan fingerprint density at radius 2 is 1.56 bits per heavy atom. The third-order valence-corrected chi connectivity index (χ3v) is 8.93. The Morgan fingerprint density at radius 3 is 2.15 bits per heavy atom. The van der Waals surface area contributed by atoms with Crippen LogP contribution >= 0.6 is 23.2 Å². The van der Waals surface area contributed by atoms with E-state index in [4.69, 9.17) is 27.9 Å². The van der Waals surface area contributed by atoms with Crippen LogP contribution in [0.4, 0.5) is 5.69 Å². The standard InChI is InChI=1S/C30H35Cl2N3O5S/c1-5-21(3)33-30(37)26(6-2)34(19-22-12-14-23(31)15-13-22)29(36)20-35(27-18-24(32)16-17-28(27)40-4)41(38,39)25-10-8-7-9-11-25/h7-18,21,26H,5-6,19-20H2,1-4H3,(H,33,37)/t21-,26+/m0/s1. The largest absolute Gasteiger partial charge is 0.495 e. The topological polar surface area (TPSA) is 96.0 Å². The molecule has 1 N–H and O–H groups in total. The molecule has 0 bridgehead atoms. The molecule has 0 aliphatic rings. The van der Waals surface area contributed by atoms with Crippen LogP contribution in [0, 0.1) is 0 Å². The van der Waals surface area contributed by atoms with Gasteiger partial charge in [-0.05, 0) is 67.8 Å². The summed E-state index contributed by atoms with van der Waals surface area (Å²) in [5.74, 6) is -0.679. The molecule has 0 saturated heterocycles. The fourth-order valence-corrected chi connectivity index (χ4v) is 5.97. The second-order valence-corrected chi connectivity index (χ2v) is 12.3. The maximum absolute atomic E-state index is 14.2. The van der Waals surface area contributed by atoms with E-state index in [2.05, 4.69) is 5.32 Å². The van der Waals surface area contributed by atoms with Gasteiger partial charge in [0.05, 0.1) is 17.7 Å². The molecule has 0 unspecified atom stereocenters. The zero-order valence-corrected chi connectivity index (χ0v) is 25.8. The van der Waals surface area contributed by atoms with E-state index in [1.807, 2.05) is 20.8 Å². The van der Waals surface area contributed by atoms with Gasteiger partial charge in [0.25, 0.3) is 10.0 Å². The maximum atomic E-state index is 14.2. The number of halogens is 2. The number of hydrogen-bond acceptors (Lipinski definition) is 5. The van der Waals surface area contributed by atoms with Gasteiger partial charge in [-0.2, -0.15) is 0 Å². The Bertz CT molecular complexity index is 1440. The summed E-state index contributed by atoms with van der Waals surface area (Å²) >= 11 is 12.3. The van der Waals surface area contributed by atoms with Gasteiger partial charge in [-0.15, -0.1) is 0 Å². The number of carbonyl (C=O) groups is 2. The van der Waals surface area contributed by atoms with E-state index >= 15 is 0 Å². The third kappa shape index (κ3) is 8.15. The Balaban J connectivity index is 2.11. The number of nitrogens with zero attached hydrogens (tertiary/aromatic N) is 2. The summed E-state index contributed by atoms with van der Waals surface area (Å²) in [4.78, 5) is 28.9. The maximum Gasteiger partial charge on any atom is 0.264 e. The molecule has 41 heavy (non-hydrogen) atoms. The van der Waals surface area contributed by atoms with E-state index in [0.717, 1.165) is 9.87 Å². The molecule has 8 nitrogen and oxygen atoms in total. The lowest BCUT2D eigenvalue weighted by molar-refractivity contribution is -0.140. The number of nitrogens with one attached hydrogen (secondary N) is 1. The summed E-state index contributed by atoms with van der Waals surface area (Å²) < 4.78 is 34.4. The molecule has 0 aliphatic heterocycles. The number of hydrogen-bond donors (Lipinski definition) is 1. The predicted octanol–water partition coefficient (Wildman–Crippen LogP) is 5.92. The molecule has 0 heterocycles. The first kappa shape index (κ1) is 32.2. The molecule has 0 saturated carbocycles. The lowest BCUT2D eigenvalue weighted by Crippen LogP contribution is -2.53. The summed E-state index contributed by atoms with van der Waals surface area (Å²) in [6.45, 7) is 5.10. The van der Waals surface area contributed by atoms with Gasteiger partial charge in [-0.3, -0.25) is 13.9 Å². The van der Waals surface area contributed by atoms with Crippen molar-refractivity contribution in [3.05, 3.63) is 88.4 Å². The number of anilines is 1. The molecule has 0 aromatic heterocycles. The molecule has 0 radical (unpaired) electrons. The molecule has 0 aliphatic carbocycles. The van der Waals surface area contributed by atoms with Crippen LogP contribution in [0.1, 0.15) is 39.2 Å². The van der Waals surface area contributed by atoms with Gasteiger partial charge >= 0.3 is 0 Å². The molecule has 3 rings (SSSR count). The van der Waals surface area contributed by atoms with Crippen molar-refractivity contribution >= 4 is 50.7 Å². The van der Waals surface area contributed by atoms with E-state index < -0.39 is 28.5 Å². The summed E-state index contributed by atoms with van der Waals surface area (Å²) in [6.07, 6.45) is 1.03. The fraction of sp³-hybridized carbons (Fsp3) is 0.333. The van der Waals surface area contributed by atoms with Gasteiger partial charge in [-0.1, -0.05) is 67.4 Å². The first-order valence-electron chi connectivity index (χ1n) is 13.3. The highest BCUT2D eigenvalue weighted by Gasteiger charge is 2.35. The van der Waals surface area contributed by atoms with Crippen LogP contribution in [0.3, 0.4) is 0 Å². The quantitative estimate of drug-likeness (QED) is 0.256. The van der Waals surface area contributed by atoms with Crippen molar-refractivity contribution in [3.8, 4) is 5.75 Å². The summed E-state index contributed by atoms with van der Waals surface area (Å²) in [5, 5.41) is 3.75. The second kappa shape index (κ2) is 14.6. The van der Waals surface area contributed by atoms with Crippen LogP contribution in [-0.2, 0) is 26.2 Å². The minimum absolute atomic E-state index is 0.0133. The number of benzene rings is 3. The van der Waals surface area contributed by atoms with Crippen LogP contribution < -0.4 is 14.4 Å². The molecule has 2 amide bonds. The fourth-order valence-electron chi connectivity index (χ4n) is 4.24. The highest BCUT2D eigenvalue weighted by Crippen LogP contribution is 2.35. The van der Waals surface area contributed by atoms with Crippen molar-refractivity contribution in [2.24, 2.45) is 0 Å². The van der Waals surface area contributed by atoms with Gasteiger partial charge in [0, 0.05) is 22.6 Å². The Hall–Kier alpha value is -3.27. The van der Waals surface area contributed by atoms with E-state index in [9.17, 15) is 18.0 Å². The molecule has 2 atom stereocenters. The summed E-state index contributed by atoms with van der Waals surface area (Å²) in [5.41, 5.74) is 0.830. The van der Waals surface area contributed by atoms with Gasteiger partial charge in [0.2, 0.25) is 11.8 Å². The first-order valence-corrected chi connectivity index (χ1v) is 15.5. The van der Waals surface area contributed by atoms with Gasteiger partial charge < -0.3 is 15.0 Å². The molecule has 3 aromatic rings. The minimum Gasteiger partial charge on any atom is -0.495 e. The zero-order chi connectivity index (χ0) is 30.2. The van der Waals surface area contributed by atoms with Gasteiger partial charge in [0.15, 0.2) is 0 Å². The van der Waals surface area contributed by atoms with E-state index in [-0.39, 0.29) is 39.8 Å². The lowest BCUT2D eigenvalue weighted by atomic mass is 10.1. The van der Waals surface area contributed by atoms with Crippen molar-refractivity contribution in [2.45, 2.75) is 57.1 Å². The highest BCUT2D eigenvalue weighted by atomic mass is 35.5. The smallest absolute Gasteiger partial charge is 0.264 e. The predicted molar refractivity (Wildman–Crippen MR) is 163 cm³/mol. The van der Waals surface area contributed by atoms with Crippen LogP contribution in [0.2, 0.25) is 10.0 Å². The average Bonchev–Trinajstić information content (AvgIpc) is 2.96. The van der Waals surface area contributed by atoms with E-state index in [1.54, 1.807) is 48.5 Å². The SMILES string of the molecule is CC[C@H](C(=O)N[C@@H](C)CC)N(Cc1ccc(Cl)cc1)C(=O)CN(c1cc(Cl)ccc1OC)S(=O)(=O)c1ccccc1. The normalized spacial score (nSPS) is 12.7. The Morgan fingerprint density at radius 1 is 0.927 bits per heavy atom. The average molecular weight is 621 g/mol. The molecule has 3 aromatic carbocycles. The highest BCUT2D eigenvalue weighted by molar-refractivity contribution is 7.92. The van der Waals surface area contributed by atoms with Gasteiger partial charge in [-0.25, -0.2) is 8.42 Å². The molecule has 11 heteroatoms. The van der Waals surface area contributed by atoms with Crippen molar-refractivity contribution in [1.29, 1.82) is 0 Å². The van der Waals surface area contributed by atoms with Crippen molar-refractivity contribution in [3.63, 3.8) is 0 Å². The monoisotopic (exact) mass is 619 g/mol.